The average Bonchev–Trinajstić information content (AvgIpc) is 2.50. The van der Waals surface area contributed by atoms with Gasteiger partial charge in [-0.25, -0.2) is 0 Å². The molecule has 0 aliphatic carbocycles. The summed E-state index contributed by atoms with van der Waals surface area (Å²) in [5.41, 5.74) is 2.18. The van der Waals surface area contributed by atoms with Crippen molar-refractivity contribution in [1.82, 2.24) is 5.32 Å². The van der Waals surface area contributed by atoms with Gasteiger partial charge >= 0.3 is 0 Å². The summed E-state index contributed by atoms with van der Waals surface area (Å²) >= 11 is 7.85. The smallest absolute Gasteiger partial charge is 0.224 e. The van der Waals surface area contributed by atoms with Crippen molar-refractivity contribution in [2.24, 2.45) is 0 Å². The second kappa shape index (κ2) is 8.75. The van der Waals surface area contributed by atoms with E-state index in [-0.39, 0.29) is 5.91 Å². The fraction of sp³-hybridized carbons (Fsp3) is 0.235. The first kappa shape index (κ1) is 15.9. The Morgan fingerprint density at radius 2 is 1.76 bits per heavy atom. The van der Waals surface area contributed by atoms with Gasteiger partial charge in [0.2, 0.25) is 5.91 Å². The first-order chi connectivity index (χ1) is 10.3. The van der Waals surface area contributed by atoms with Crippen molar-refractivity contribution in [3.8, 4) is 0 Å². The van der Waals surface area contributed by atoms with Crippen LogP contribution in [-0.4, -0.2) is 18.2 Å². The van der Waals surface area contributed by atoms with E-state index in [4.69, 9.17) is 11.6 Å². The number of carbonyl (C=O) groups excluding carboxylic acids is 1. The molecule has 2 aromatic rings. The van der Waals surface area contributed by atoms with Gasteiger partial charge in [0, 0.05) is 23.1 Å². The number of rotatable bonds is 7. The van der Waals surface area contributed by atoms with Crippen LogP contribution in [0.15, 0.2) is 54.6 Å². The van der Waals surface area contributed by atoms with Gasteiger partial charge in [-0.05, 0) is 17.2 Å². The molecule has 0 heterocycles. The number of benzene rings is 2. The third-order valence-electron chi connectivity index (χ3n) is 2.99. The summed E-state index contributed by atoms with van der Waals surface area (Å²) in [6.07, 6.45) is 0.336. The van der Waals surface area contributed by atoms with E-state index >= 15 is 0 Å². The molecule has 0 unspecified atom stereocenters. The zero-order chi connectivity index (χ0) is 14.9. The molecule has 0 radical (unpaired) electrons. The highest BCUT2D eigenvalue weighted by atomic mass is 35.5. The molecule has 0 aliphatic rings. The Hall–Kier alpha value is -1.45. The van der Waals surface area contributed by atoms with Crippen LogP contribution >= 0.6 is 23.4 Å². The SMILES string of the molecule is O=C(Cc1ccccc1Cl)NCCSCc1ccccc1. The minimum Gasteiger partial charge on any atom is -0.355 e. The van der Waals surface area contributed by atoms with Crippen molar-refractivity contribution in [3.63, 3.8) is 0 Å². The van der Waals surface area contributed by atoms with Crippen LogP contribution < -0.4 is 5.32 Å². The molecule has 2 aromatic carbocycles. The number of thioether (sulfide) groups is 1. The second-order valence-electron chi connectivity index (χ2n) is 4.66. The van der Waals surface area contributed by atoms with Gasteiger partial charge in [0.15, 0.2) is 0 Å². The normalized spacial score (nSPS) is 10.3. The summed E-state index contributed by atoms with van der Waals surface area (Å²) in [7, 11) is 0. The average molecular weight is 320 g/mol. The number of halogens is 1. The first-order valence-corrected chi connectivity index (χ1v) is 8.41. The molecule has 0 aliphatic heterocycles. The molecule has 21 heavy (non-hydrogen) atoms. The predicted molar refractivity (Wildman–Crippen MR) is 90.8 cm³/mol. The van der Waals surface area contributed by atoms with Crippen LogP contribution in [-0.2, 0) is 17.0 Å². The molecule has 2 nitrogen and oxygen atoms in total. The molecule has 0 spiro atoms. The third kappa shape index (κ3) is 5.82. The van der Waals surface area contributed by atoms with Crippen molar-refractivity contribution in [2.75, 3.05) is 12.3 Å². The van der Waals surface area contributed by atoms with E-state index in [1.54, 1.807) is 6.07 Å². The van der Waals surface area contributed by atoms with Gasteiger partial charge in [-0.15, -0.1) is 0 Å². The molecule has 1 amide bonds. The van der Waals surface area contributed by atoms with Gasteiger partial charge in [0.25, 0.3) is 0 Å². The lowest BCUT2D eigenvalue weighted by Crippen LogP contribution is -2.27. The number of carbonyl (C=O) groups is 1. The van der Waals surface area contributed by atoms with E-state index < -0.39 is 0 Å². The van der Waals surface area contributed by atoms with Crippen LogP contribution in [0.3, 0.4) is 0 Å². The van der Waals surface area contributed by atoms with Gasteiger partial charge in [-0.2, -0.15) is 11.8 Å². The zero-order valence-corrected chi connectivity index (χ0v) is 13.3. The fourth-order valence-corrected chi connectivity index (χ4v) is 2.93. The summed E-state index contributed by atoms with van der Waals surface area (Å²) < 4.78 is 0. The van der Waals surface area contributed by atoms with Gasteiger partial charge in [0.05, 0.1) is 6.42 Å². The first-order valence-electron chi connectivity index (χ1n) is 6.87. The van der Waals surface area contributed by atoms with Crippen LogP contribution in [0.1, 0.15) is 11.1 Å². The van der Waals surface area contributed by atoms with E-state index in [0.717, 1.165) is 17.1 Å². The molecule has 1 N–H and O–H groups in total. The predicted octanol–water partition coefficient (Wildman–Crippen LogP) is 3.93. The number of hydrogen-bond donors (Lipinski definition) is 1. The zero-order valence-electron chi connectivity index (χ0n) is 11.7. The largest absolute Gasteiger partial charge is 0.355 e. The van der Waals surface area contributed by atoms with Gasteiger partial charge in [-0.1, -0.05) is 60.1 Å². The maximum Gasteiger partial charge on any atom is 0.224 e. The third-order valence-corrected chi connectivity index (χ3v) is 4.39. The standard InChI is InChI=1S/C17H18ClNOS/c18-16-9-5-4-8-15(16)12-17(20)19-10-11-21-13-14-6-2-1-3-7-14/h1-9H,10-13H2,(H,19,20). The summed E-state index contributed by atoms with van der Waals surface area (Å²) in [6, 6.07) is 17.8. The highest BCUT2D eigenvalue weighted by Crippen LogP contribution is 2.15. The molecule has 0 saturated heterocycles. The van der Waals surface area contributed by atoms with Crippen molar-refractivity contribution >= 4 is 29.3 Å². The monoisotopic (exact) mass is 319 g/mol. The number of nitrogens with one attached hydrogen (secondary N) is 1. The second-order valence-corrected chi connectivity index (χ2v) is 6.17. The van der Waals surface area contributed by atoms with E-state index in [1.165, 1.54) is 5.56 Å². The van der Waals surface area contributed by atoms with E-state index in [2.05, 4.69) is 17.4 Å². The molecule has 4 heteroatoms. The molecule has 0 fully saturated rings. The van der Waals surface area contributed by atoms with Crippen LogP contribution in [0.25, 0.3) is 0 Å². The van der Waals surface area contributed by atoms with E-state index in [9.17, 15) is 4.79 Å². The highest BCUT2D eigenvalue weighted by Gasteiger charge is 2.05. The Bertz CT molecular complexity index is 574. The van der Waals surface area contributed by atoms with Crippen LogP contribution in [0.5, 0.6) is 0 Å². The molecular weight excluding hydrogens is 302 g/mol. The molecule has 0 bridgehead atoms. The van der Waals surface area contributed by atoms with Crippen molar-refractivity contribution in [2.45, 2.75) is 12.2 Å². The number of amides is 1. The summed E-state index contributed by atoms with van der Waals surface area (Å²) in [5, 5.41) is 3.57. The summed E-state index contributed by atoms with van der Waals surface area (Å²) in [6.45, 7) is 0.681. The van der Waals surface area contributed by atoms with E-state index in [1.807, 2.05) is 48.2 Å². The Morgan fingerprint density at radius 1 is 1.05 bits per heavy atom. The molecule has 0 saturated carbocycles. The maximum atomic E-state index is 11.8. The Balaban J connectivity index is 1.63. The summed E-state index contributed by atoms with van der Waals surface area (Å²) in [5.74, 6) is 1.90. The molecule has 0 atom stereocenters. The highest BCUT2D eigenvalue weighted by molar-refractivity contribution is 7.98. The van der Waals surface area contributed by atoms with Gasteiger partial charge in [-0.3, -0.25) is 4.79 Å². The molecule has 110 valence electrons. The molecule has 2 rings (SSSR count). The Morgan fingerprint density at radius 3 is 2.52 bits per heavy atom. The fourth-order valence-electron chi connectivity index (χ4n) is 1.90. The maximum absolute atomic E-state index is 11.8. The molecular formula is C17H18ClNOS. The molecule has 0 aromatic heterocycles. The summed E-state index contributed by atoms with van der Waals surface area (Å²) in [4.78, 5) is 11.8. The van der Waals surface area contributed by atoms with Crippen molar-refractivity contribution < 1.29 is 4.79 Å². The van der Waals surface area contributed by atoms with Crippen LogP contribution in [0.4, 0.5) is 0 Å². The number of hydrogen-bond acceptors (Lipinski definition) is 2. The Kier molecular flexibility index (Phi) is 6.64. The minimum atomic E-state index is 0.0170. The van der Waals surface area contributed by atoms with Crippen LogP contribution in [0.2, 0.25) is 5.02 Å². The lowest BCUT2D eigenvalue weighted by Gasteiger charge is -2.06. The van der Waals surface area contributed by atoms with Gasteiger partial charge in [0.1, 0.15) is 0 Å². The lowest BCUT2D eigenvalue weighted by molar-refractivity contribution is -0.120. The lowest BCUT2D eigenvalue weighted by atomic mass is 10.1. The minimum absolute atomic E-state index is 0.0170. The topological polar surface area (TPSA) is 29.1 Å². The van der Waals surface area contributed by atoms with Crippen LogP contribution in [0, 0.1) is 0 Å². The Labute approximate surface area is 134 Å². The quantitative estimate of drug-likeness (QED) is 0.783. The van der Waals surface area contributed by atoms with Crippen molar-refractivity contribution in [1.29, 1.82) is 0 Å². The van der Waals surface area contributed by atoms with Gasteiger partial charge < -0.3 is 5.32 Å². The van der Waals surface area contributed by atoms with Crippen molar-refractivity contribution in [3.05, 3.63) is 70.7 Å². The van der Waals surface area contributed by atoms with E-state index in [0.29, 0.717) is 18.0 Å².